The van der Waals surface area contributed by atoms with Crippen molar-refractivity contribution in [2.24, 2.45) is 5.10 Å². The molecule has 2 aromatic carbocycles. The van der Waals surface area contributed by atoms with Crippen LogP contribution in [0.25, 0.3) is 5.69 Å². The van der Waals surface area contributed by atoms with Gasteiger partial charge in [-0.3, -0.25) is 10.2 Å². The average Bonchev–Trinajstić information content (AvgIpc) is 2.66. The second-order valence-electron chi connectivity index (χ2n) is 5.39. The van der Waals surface area contributed by atoms with E-state index in [4.69, 9.17) is 0 Å². The summed E-state index contributed by atoms with van der Waals surface area (Å²) in [6.45, 7) is 2.12. The Morgan fingerprint density at radius 3 is 2.56 bits per heavy atom. The molecule has 1 N–H and O–H groups in total. The molecule has 0 aliphatic rings. The van der Waals surface area contributed by atoms with Crippen molar-refractivity contribution in [2.45, 2.75) is 13.3 Å². The molecular formula is C19H17BrN4O. The molecule has 6 heteroatoms. The van der Waals surface area contributed by atoms with Gasteiger partial charge >= 0.3 is 0 Å². The van der Waals surface area contributed by atoms with Gasteiger partial charge in [-0.1, -0.05) is 49.4 Å². The van der Waals surface area contributed by atoms with Gasteiger partial charge in [0.05, 0.1) is 23.8 Å². The predicted octanol–water partition coefficient (Wildman–Crippen LogP) is 4.00. The second kappa shape index (κ2) is 7.90. The third-order valence-corrected chi connectivity index (χ3v) is 4.47. The number of para-hydroxylation sites is 1. The van der Waals surface area contributed by atoms with E-state index in [0.29, 0.717) is 15.8 Å². The maximum Gasteiger partial charge on any atom is 0.287 e. The molecule has 0 radical (unpaired) electrons. The van der Waals surface area contributed by atoms with E-state index in [0.717, 1.165) is 12.0 Å². The summed E-state index contributed by atoms with van der Waals surface area (Å²) < 4.78 is 1.72. The summed E-state index contributed by atoms with van der Waals surface area (Å²) in [5.41, 5.74) is 6.08. The van der Waals surface area contributed by atoms with Gasteiger partial charge in [0.25, 0.3) is 5.56 Å². The molecule has 0 saturated heterocycles. The Morgan fingerprint density at radius 1 is 1.16 bits per heavy atom. The van der Waals surface area contributed by atoms with Crippen molar-refractivity contribution in [1.82, 2.24) is 9.78 Å². The van der Waals surface area contributed by atoms with E-state index >= 15 is 0 Å². The van der Waals surface area contributed by atoms with Crippen LogP contribution in [0.5, 0.6) is 0 Å². The zero-order valence-corrected chi connectivity index (χ0v) is 15.3. The van der Waals surface area contributed by atoms with E-state index < -0.39 is 0 Å². The van der Waals surface area contributed by atoms with Crippen molar-refractivity contribution >= 4 is 27.8 Å². The highest BCUT2D eigenvalue weighted by Crippen LogP contribution is 2.17. The average molecular weight is 397 g/mol. The van der Waals surface area contributed by atoms with Crippen molar-refractivity contribution in [3.8, 4) is 5.69 Å². The minimum absolute atomic E-state index is 0.251. The molecule has 0 atom stereocenters. The van der Waals surface area contributed by atoms with Gasteiger partial charge in [0.2, 0.25) is 0 Å². The molecule has 0 spiro atoms. The number of hydrazone groups is 1. The zero-order chi connectivity index (χ0) is 17.6. The lowest BCUT2D eigenvalue weighted by molar-refractivity contribution is 0.801. The Kier molecular flexibility index (Phi) is 5.40. The lowest BCUT2D eigenvalue weighted by atomic mass is 10.1. The highest BCUT2D eigenvalue weighted by molar-refractivity contribution is 9.10. The van der Waals surface area contributed by atoms with E-state index in [-0.39, 0.29) is 5.56 Å². The molecule has 126 valence electrons. The molecule has 0 bridgehead atoms. The van der Waals surface area contributed by atoms with Crippen LogP contribution >= 0.6 is 15.9 Å². The Bertz CT molecular complexity index is 934. The summed E-state index contributed by atoms with van der Waals surface area (Å²) >= 11 is 3.32. The van der Waals surface area contributed by atoms with Gasteiger partial charge in [0.15, 0.2) is 0 Å². The van der Waals surface area contributed by atoms with E-state index in [1.165, 1.54) is 10.2 Å². The number of rotatable bonds is 5. The number of nitrogens with zero attached hydrogens (tertiary/aromatic N) is 3. The second-order valence-corrected chi connectivity index (χ2v) is 6.18. The van der Waals surface area contributed by atoms with Crippen molar-refractivity contribution in [2.75, 3.05) is 5.43 Å². The summed E-state index contributed by atoms with van der Waals surface area (Å²) in [5, 5.41) is 8.37. The lowest BCUT2D eigenvalue weighted by Crippen LogP contribution is -2.22. The number of anilines is 1. The smallest absolute Gasteiger partial charge is 0.275 e. The topological polar surface area (TPSA) is 59.3 Å². The van der Waals surface area contributed by atoms with Gasteiger partial charge in [-0.15, -0.1) is 0 Å². The van der Waals surface area contributed by atoms with Crippen molar-refractivity contribution in [1.29, 1.82) is 0 Å². The van der Waals surface area contributed by atoms with Crippen LogP contribution in [-0.4, -0.2) is 16.0 Å². The molecular weight excluding hydrogens is 380 g/mol. The Hall–Kier alpha value is -2.73. The van der Waals surface area contributed by atoms with Crippen LogP contribution < -0.4 is 11.0 Å². The number of aromatic nitrogens is 2. The fraction of sp³-hybridized carbons (Fsp3) is 0.105. The minimum Gasteiger partial charge on any atom is -0.275 e. The molecule has 1 aromatic heterocycles. The minimum atomic E-state index is -0.251. The van der Waals surface area contributed by atoms with Gasteiger partial charge in [-0.25, -0.2) is 0 Å². The van der Waals surface area contributed by atoms with Crippen LogP contribution in [-0.2, 0) is 6.42 Å². The summed E-state index contributed by atoms with van der Waals surface area (Å²) in [6.07, 6.45) is 4.27. The van der Waals surface area contributed by atoms with E-state index in [1.807, 2.05) is 42.5 Å². The molecule has 25 heavy (non-hydrogen) atoms. The first-order chi connectivity index (χ1) is 12.2. The maximum absolute atomic E-state index is 12.5. The van der Waals surface area contributed by atoms with E-state index in [2.05, 4.69) is 50.6 Å². The van der Waals surface area contributed by atoms with E-state index in [1.54, 1.807) is 12.4 Å². The molecule has 0 saturated carbocycles. The Morgan fingerprint density at radius 2 is 1.88 bits per heavy atom. The molecule has 0 aliphatic carbocycles. The largest absolute Gasteiger partial charge is 0.287 e. The first kappa shape index (κ1) is 17.1. The monoisotopic (exact) mass is 396 g/mol. The first-order valence-electron chi connectivity index (χ1n) is 7.90. The number of nitrogens with one attached hydrogen (secondary N) is 1. The molecule has 3 rings (SSSR count). The summed E-state index contributed by atoms with van der Waals surface area (Å²) in [5.74, 6) is 0. The van der Waals surface area contributed by atoms with Crippen molar-refractivity contribution < 1.29 is 0 Å². The Labute approximate surface area is 154 Å². The van der Waals surface area contributed by atoms with Crippen LogP contribution in [0, 0.1) is 0 Å². The third kappa shape index (κ3) is 4.03. The Balaban J connectivity index is 1.78. The molecule has 0 amide bonds. The normalized spacial score (nSPS) is 11.0. The molecule has 1 heterocycles. The van der Waals surface area contributed by atoms with Crippen LogP contribution in [0.1, 0.15) is 18.1 Å². The number of aryl methyl sites for hydroxylation is 1. The van der Waals surface area contributed by atoms with Gasteiger partial charge in [0.1, 0.15) is 4.47 Å². The summed E-state index contributed by atoms with van der Waals surface area (Å²) in [7, 11) is 0. The lowest BCUT2D eigenvalue weighted by Gasteiger charge is -2.07. The van der Waals surface area contributed by atoms with Gasteiger partial charge < -0.3 is 0 Å². The number of hydrogen-bond donors (Lipinski definition) is 1. The quantitative estimate of drug-likeness (QED) is 0.523. The predicted molar refractivity (Wildman–Crippen MR) is 105 cm³/mol. The number of halogens is 1. The van der Waals surface area contributed by atoms with Gasteiger partial charge in [0, 0.05) is 0 Å². The molecule has 0 fully saturated rings. The highest BCUT2D eigenvalue weighted by Gasteiger charge is 2.09. The van der Waals surface area contributed by atoms with Crippen LogP contribution in [0.4, 0.5) is 5.69 Å². The zero-order valence-electron chi connectivity index (χ0n) is 13.7. The van der Waals surface area contributed by atoms with Crippen LogP contribution in [0.15, 0.2) is 75.2 Å². The SMILES string of the molecule is CCc1ccc(/C=N/Nc2cnn(-c3ccccc3)c(=O)c2Br)cc1. The third-order valence-electron chi connectivity index (χ3n) is 3.71. The van der Waals surface area contributed by atoms with Crippen molar-refractivity contribution in [3.63, 3.8) is 0 Å². The number of benzene rings is 2. The highest BCUT2D eigenvalue weighted by atomic mass is 79.9. The number of hydrogen-bond acceptors (Lipinski definition) is 4. The summed E-state index contributed by atoms with van der Waals surface area (Å²) in [6, 6.07) is 17.4. The van der Waals surface area contributed by atoms with Crippen molar-refractivity contribution in [3.05, 3.63) is 86.7 Å². The standard InChI is InChI=1S/C19H17BrN4O/c1-2-14-8-10-15(11-9-14)12-21-23-17-13-22-24(19(25)18(17)20)16-6-4-3-5-7-16/h3-13,23H,2H2,1H3/b21-12+. The molecule has 3 aromatic rings. The first-order valence-corrected chi connectivity index (χ1v) is 8.69. The molecule has 0 unspecified atom stereocenters. The molecule has 0 aliphatic heterocycles. The van der Waals surface area contributed by atoms with Crippen LogP contribution in [0.3, 0.4) is 0 Å². The fourth-order valence-electron chi connectivity index (χ4n) is 2.28. The molecule has 5 nitrogen and oxygen atoms in total. The van der Waals surface area contributed by atoms with Crippen LogP contribution in [0.2, 0.25) is 0 Å². The van der Waals surface area contributed by atoms with Gasteiger partial charge in [-0.05, 0) is 45.6 Å². The summed E-state index contributed by atoms with van der Waals surface area (Å²) in [4.78, 5) is 12.5. The van der Waals surface area contributed by atoms with E-state index in [9.17, 15) is 4.79 Å². The fourth-order valence-corrected chi connectivity index (χ4v) is 2.64. The maximum atomic E-state index is 12.5. The van der Waals surface area contributed by atoms with Gasteiger partial charge in [-0.2, -0.15) is 14.9 Å².